The van der Waals surface area contributed by atoms with Gasteiger partial charge in [0.15, 0.2) is 0 Å². The first-order valence-electron chi connectivity index (χ1n) is 8.61. The van der Waals surface area contributed by atoms with Crippen LogP contribution in [0.4, 0.5) is 0 Å². The molecule has 0 heterocycles. The molecule has 1 aromatic carbocycles. The molecule has 0 aliphatic heterocycles. The normalized spacial score (nSPS) is 32.3. The first kappa shape index (κ1) is 14.1. The summed E-state index contributed by atoms with van der Waals surface area (Å²) in [5, 5.41) is 9.83. The minimum Gasteiger partial charge on any atom is -0.508 e. The molecule has 4 bridgehead atoms. The summed E-state index contributed by atoms with van der Waals surface area (Å²) < 4.78 is 6.10. The second-order valence-corrected chi connectivity index (χ2v) is 7.28. The van der Waals surface area contributed by atoms with Crippen molar-refractivity contribution in [3.05, 3.63) is 35.4 Å². The average molecular weight is 299 g/mol. The number of allylic oxidation sites excluding steroid dienone is 1. The van der Waals surface area contributed by atoms with Crippen LogP contribution in [0.1, 0.15) is 37.7 Å². The van der Waals surface area contributed by atoms with Gasteiger partial charge in [-0.3, -0.25) is 0 Å². The molecule has 0 radical (unpaired) electrons. The van der Waals surface area contributed by atoms with Crippen molar-refractivity contribution in [3.8, 4) is 5.75 Å². The van der Waals surface area contributed by atoms with Gasteiger partial charge in [0, 0.05) is 12.1 Å². The van der Waals surface area contributed by atoms with Gasteiger partial charge in [-0.1, -0.05) is 12.1 Å². The molecular formula is C19H25NO2. The number of benzene rings is 1. The standard InChI is InChI=1S/C19H25NO2/c20-4-5-22-19(14-2-1-3-17(21)11-14)18-15-7-12-6-13(9-15)10-16(18)8-12/h1-3,11-13,15-16,21H,4-10,20H2. The van der Waals surface area contributed by atoms with Crippen LogP contribution in [0.2, 0.25) is 0 Å². The van der Waals surface area contributed by atoms with Gasteiger partial charge in [-0.2, -0.15) is 0 Å². The van der Waals surface area contributed by atoms with Gasteiger partial charge in [0.25, 0.3) is 0 Å². The Morgan fingerprint density at radius 3 is 2.36 bits per heavy atom. The molecule has 1 aromatic rings. The van der Waals surface area contributed by atoms with Crippen molar-refractivity contribution < 1.29 is 9.84 Å². The maximum atomic E-state index is 9.83. The molecule has 4 aliphatic rings. The van der Waals surface area contributed by atoms with E-state index in [1.807, 2.05) is 18.2 Å². The van der Waals surface area contributed by atoms with Crippen LogP contribution < -0.4 is 5.73 Å². The van der Waals surface area contributed by atoms with Crippen molar-refractivity contribution in [1.82, 2.24) is 0 Å². The van der Waals surface area contributed by atoms with E-state index >= 15 is 0 Å². The SMILES string of the molecule is NCCOC(=C1C2CC3CC(C2)CC1C3)c1cccc(O)c1. The van der Waals surface area contributed by atoms with Crippen molar-refractivity contribution in [2.45, 2.75) is 32.1 Å². The fourth-order valence-corrected chi connectivity index (χ4v) is 5.20. The zero-order chi connectivity index (χ0) is 15.1. The summed E-state index contributed by atoms with van der Waals surface area (Å²) in [6, 6.07) is 7.48. The van der Waals surface area contributed by atoms with Crippen LogP contribution in [0.5, 0.6) is 5.75 Å². The fourth-order valence-electron chi connectivity index (χ4n) is 5.20. The van der Waals surface area contributed by atoms with E-state index in [9.17, 15) is 5.11 Å². The topological polar surface area (TPSA) is 55.5 Å². The number of phenolic OH excluding ortho intramolecular Hbond substituents is 1. The lowest BCUT2D eigenvalue weighted by molar-refractivity contribution is 0.0667. The Balaban J connectivity index is 1.76. The molecule has 0 atom stereocenters. The Labute approximate surface area is 132 Å². The maximum Gasteiger partial charge on any atom is 0.126 e. The van der Waals surface area contributed by atoms with E-state index in [2.05, 4.69) is 0 Å². The molecule has 4 aliphatic carbocycles. The van der Waals surface area contributed by atoms with E-state index in [-0.39, 0.29) is 0 Å². The van der Waals surface area contributed by atoms with Crippen LogP contribution >= 0.6 is 0 Å². The summed E-state index contributed by atoms with van der Waals surface area (Å²) in [6.45, 7) is 1.07. The molecule has 4 fully saturated rings. The third-order valence-electron chi connectivity index (χ3n) is 5.75. The Hall–Kier alpha value is -1.48. The fraction of sp³-hybridized carbons (Fsp3) is 0.579. The molecule has 3 N–H and O–H groups in total. The summed E-state index contributed by atoms with van der Waals surface area (Å²) >= 11 is 0. The molecular weight excluding hydrogens is 274 g/mol. The quantitative estimate of drug-likeness (QED) is 0.836. The van der Waals surface area contributed by atoms with E-state index in [0.717, 1.165) is 23.2 Å². The second kappa shape index (κ2) is 5.62. The van der Waals surface area contributed by atoms with Crippen LogP contribution in [0, 0.1) is 23.7 Å². The molecule has 0 amide bonds. The Bertz CT molecular complexity index is 563. The zero-order valence-electron chi connectivity index (χ0n) is 13.0. The van der Waals surface area contributed by atoms with Gasteiger partial charge in [0.05, 0.1) is 0 Å². The van der Waals surface area contributed by atoms with E-state index in [1.54, 1.807) is 6.07 Å². The highest BCUT2D eigenvalue weighted by molar-refractivity contribution is 5.66. The van der Waals surface area contributed by atoms with Crippen molar-refractivity contribution >= 4 is 5.76 Å². The summed E-state index contributed by atoms with van der Waals surface area (Å²) in [4.78, 5) is 0. The van der Waals surface area contributed by atoms with Gasteiger partial charge in [-0.05, 0) is 73.5 Å². The van der Waals surface area contributed by atoms with Crippen molar-refractivity contribution in [1.29, 1.82) is 0 Å². The van der Waals surface area contributed by atoms with E-state index in [1.165, 1.54) is 37.7 Å². The first-order chi connectivity index (χ1) is 10.7. The van der Waals surface area contributed by atoms with Crippen molar-refractivity contribution in [2.24, 2.45) is 29.4 Å². The predicted octanol–water partition coefficient (Wildman–Crippen LogP) is 3.53. The maximum absolute atomic E-state index is 9.83. The number of nitrogens with two attached hydrogens (primary N) is 1. The minimum atomic E-state index is 0.302. The lowest BCUT2D eigenvalue weighted by Crippen LogP contribution is -2.41. The monoisotopic (exact) mass is 299 g/mol. The molecule has 3 nitrogen and oxygen atoms in total. The average Bonchev–Trinajstić information content (AvgIpc) is 2.49. The molecule has 5 rings (SSSR count). The number of ether oxygens (including phenoxy) is 1. The Morgan fingerprint density at radius 2 is 1.77 bits per heavy atom. The summed E-state index contributed by atoms with van der Waals surface area (Å²) in [5.74, 6) is 4.56. The van der Waals surface area contributed by atoms with Gasteiger partial charge in [-0.25, -0.2) is 0 Å². The lowest BCUT2D eigenvalue weighted by atomic mass is 9.54. The van der Waals surface area contributed by atoms with Crippen LogP contribution in [-0.2, 0) is 4.74 Å². The van der Waals surface area contributed by atoms with E-state index < -0.39 is 0 Å². The van der Waals surface area contributed by atoms with Crippen LogP contribution in [0.3, 0.4) is 0 Å². The summed E-state index contributed by atoms with van der Waals surface area (Å²) in [6.07, 6.45) is 6.77. The summed E-state index contributed by atoms with van der Waals surface area (Å²) in [7, 11) is 0. The molecule has 118 valence electrons. The van der Waals surface area contributed by atoms with Gasteiger partial charge in [-0.15, -0.1) is 0 Å². The second-order valence-electron chi connectivity index (χ2n) is 7.28. The number of phenols is 1. The molecule has 0 spiro atoms. The third-order valence-corrected chi connectivity index (χ3v) is 5.75. The highest BCUT2D eigenvalue weighted by Gasteiger charge is 2.46. The smallest absolute Gasteiger partial charge is 0.126 e. The predicted molar refractivity (Wildman–Crippen MR) is 87.1 cm³/mol. The van der Waals surface area contributed by atoms with Gasteiger partial charge in [0.2, 0.25) is 0 Å². The van der Waals surface area contributed by atoms with Gasteiger partial charge in [0.1, 0.15) is 18.1 Å². The van der Waals surface area contributed by atoms with E-state index in [4.69, 9.17) is 10.5 Å². The number of hydrogen-bond donors (Lipinski definition) is 2. The highest BCUT2D eigenvalue weighted by Crippen LogP contribution is 2.58. The molecule has 0 unspecified atom stereocenters. The van der Waals surface area contributed by atoms with Crippen molar-refractivity contribution in [2.75, 3.05) is 13.2 Å². The molecule has 0 saturated heterocycles. The first-order valence-corrected chi connectivity index (χ1v) is 8.61. The largest absolute Gasteiger partial charge is 0.508 e. The molecule has 22 heavy (non-hydrogen) atoms. The molecule has 0 aromatic heterocycles. The van der Waals surface area contributed by atoms with Crippen LogP contribution in [0.25, 0.3) is 5.76 Å². The number of aromatic hydroxyl groups is 1. The molecule has 4 saturated carbocycles. The zero-order valence-corrected chi connectivity index (χ0v) is 13.0. The number of rotatable bonds is 4. The lowest BCUT2D eigenvalue weighted by Gasteiger charge is -2.51. The summed E-state index contributed by atoms with van der Waals surface area (Å²) in [5.41, 5.74) is 8.19. The molecule has 3 heteroatoms. The van der Waals surface area contributed by atoms with Crippen molar-refractivity contribution in [3.63, 3.8) is 0 Å². The highest BCUT2D eigenvalue weighted by atomic mass is 16.5. The van der Waals surface area contributed by atoms with Crippen LogP contribution in [0.15, 0.2) is 29.8 Å². The minimum absolute atomic E-state index is 0.302. The Morgan fingerprint density at radius 1 is 1.09 bits per heavy atom. The van der Waals surface area contributed by atoms with E-state index in [0.29, 0.717) is 30.7 Å². The third kappa shape index (κ3) is 2.41. The van der Waals surface area contributed by atoms with Gasteiger partial charge < -0.3 is 15.6 Å². The number of hydrogen-bond acceptors (Lipinski definition) is 3. The van der Waals surface area contributed by atoms with Crippen LogP contribution in [-0.4, -0.2) is 18.3 Å². The Kier molecular flexibility index (Phi) is 3.61. The van der Waals surface area contributed by atoms with Gasteiger partial charge >= 0.3 is 0 Å².